The van der Waals surface area contributed by atoms with Crippen LogP contribution in [0.3, 0.4) is 0 Å². The molecule has 1 aliphatic rings. The normalized spacial score (nSPS) is 14.3. The zero-order chi connectivity index (χ0) is 19.0. The van der Waals surface area contributed by atoms with Gasteiger partial charge in [-0.1, -0.05) is 42.1 Å². The maximum atomic E-state index is 13.4. The van der Waals surface area contributed by atoms with Gasteiger partial charge in [-0.3, -0.25) is 14.2 Å². The van der Waals surface area contributed by atoms with Gasteiger partial charge in [0.25, 0.3) is 5.56 Å². The molecular formula is C20H20N2O3S2. The van der Waals surface area contributed by atoms with Crippen LogP contribution in [-0.2, 0) is 28.9 Å². The Morgan fingerprint density at radius 2 is 2.11 bits per heavy atom. The molecule has 27 heavy (non-hydrogen) atoms. The number of rotatable bonds is 5. The van der Waals surface area contributed by atoms with Crippen LogP contribution in [0.1, 0.15) is 29.3 Å². The summed E-state index contributed by atoms with van der Waals surface area (Å²) in [5.41, 5.74) is 2.19. The van der Waals surface area contributed by atoms with E-state index < -0.39 is 5.25 Å². The lowest BCUT2D eigenvalue weighted by molar-refractivity contribution is -0.139. The van der Waals surface area contributed by atoms with Crippen molar-refractivity contribution in [2.45, 2.75) is 43.1 Å². The SMILES string of the molecule is COC(=O)C(C)Sc1nc2sc3c(c2c(=O)n1Cc1ccccc1)CCC3. The molecule has 2 aromatic heterocycles. The number of benzene rings is 1. The van der Waals surface area contributed by atoms with Crippen molar-refractivity contribution in [3.63, 3.8) is 0 Å². The molecule has 0 saturated heterocycles. The zero-order valence-electron chi connectivity index (χ0n) is 15.2. The fourth-order valence-corrected chi connectivity index (χ4v) is 5.66. The molecule has 140 valence electrons. The van der Waals surface area contributed by atoms with E-state index >= 15 is 0 Å². The summed E-state index contributed by atoms with van der Waals surface area (Å²) in [5.74, 6) is -0.325. The summed E-state index contributed by atoms with van der Waals surface area (Å²) in [6.45, 7) is 2.21. The zero-order valence-corrected chi connectivity index (χ0v) is 16.9. The summed E-state index contributed by atoms with van der Waals surface area (Å²) in [6, 6.07) is 9.85. The Bertz CT molecular complexity index is 1060. The third-order valence-electron chi connectivity index (χ3n) is 4.79. The summed E-state index contributed by atoms with van der Waals surface area (Å²) in [6.07, 6.45) is 3.07. The van der Waals surface area contributed by atoms with Crippen molar-refractivity contribution < 1.29 is 9.53 Å². The van der Waals surface area contributed by atoms with Crippen LogP contribution in [0.15, 0.2) is 40.3 Å². The number of esters is 1. The van der Waals surface area contributed by atoms with E-state index in [4.69, 9.17) is 9.72 Å². The quantitative estimate of drug-likeness (QED) is 0.372. The van der Waals surface area contributed by atoms with Gasteiger partial charge in [0, 0.05) is 4.88 Å². The van der Waals surface area contributed by atoms with Crippen molar-refractivity contribution in [2.24, 2.45) is 0 Å². The van der Waals surface area contributed by atoms with Crippen molar-refractivity contribution in [2.75, 3.05) is 7.11 Å². The molecule has 1 atom stereocenters. The second-order valence-electron chi connectivity index (χ2n) is 6.59. The van der Waals surface area contributed by atoms with Crippen LogP contribution in [-0.4, -0.2) is 27.9 Å². The Morgan fingerprint density at radius 1 is 1.33 bits per heavy atom. The standard InChI is InChI=1S/C20H20N2O3S2/c1-12(19(24)25-2)26-20-21-17-16(14-9-6-10-15(14)27-17)18(23)22(20)11-13-7-4-3-5-8-13/h3-5,7-8,12H,6,9-11H2,1-2H3. The lowest BCUT2D eigenvalue weighted by Crippen LogP contribution is -2.25. The molecule has 1 aliphatic carbocycles. The number of hydrogen-bond donors (Lipinski definition) is 0. The van der Waals surface area contributed by atoms with Crippen LogP contribution in [0.2, 0.25) is 0 Å². The topological polar surface area (TPSA) is 61.2 Å². The number of carbonyl (C=O) groups excluding carboxylic acids is 1. The predicted octanol–water partition coefficient (Wildman–Crippen LogP) is 3.65. The summed E-state index contributed by atoms with van der Waals surface area (Å²) >= 11 is 2.89. The average Bonchev–Trinajstić information content (AvgIpc) is 3.25. The molecule has 0 bridgehead atoms. The Kier molecular flexibility index (Phi) is 5.06. The van der Waals surface area contributed by atoms with Gasteiger partial charge in [0.05, 0.1) is 19.0 Å². The van der Waals surface area contributed by atoms with E-state index in [1.807, 2.05) is 30.3 Å². The number of hydrogen-bond acceptors (Lipinski definition) is 6. The smallest absolute Gasteiger partial charge is 0.318 e. The second-order valence-corrected chi connectivity index (χ2v) is 8.98. The van der Waals surface area contributed by atoms with Crippen LogP contribution in [0, 0.1) is 0 Å². The third kappa shape index (κ3) is 3.41. The van der Waals surface area contributed by atoms with Crippen molar-refractivity contribution in [3.8, 4) is 0 Å². The van der Waals surface area contributed by atoms with E-state index in [-0.39, 0.29) is 11.5 Å². The molecule has 1 unspecified atom stereocenters. The first-order chi connectivity index (χ1) is 13.1. The van der Waals surface area contributed by atoms with E-state index in [1.54, 1.807) is 22.8 Å². The number of aryl methyl sites for hydroxylation is 2. The van der Waals surface area contributed by atoms with Crippen LogP contribution in [0.25, 0.3) is 10.2 Å². The van der Waals surface area contributed by atoms with E-state index in [0.717, 1.165) is 35.0 Å². The summed E-state index contributed by atoms with van der Waals surface area (Å²) in [7, 11) is 1.37. The Labute approximate surface area is 165 Å². The van der Waals surface area contributed by atoms with E-state index in [9.17, 15) is 9.59 Å². The highest BCUT2D eigenvalue weighted by Gasteiger charge is 2.25. The van der Waals surface area contributed by atoms with Gasteiger partial charge in [0.2, 0.25) is 0 Å². The third-order valence-corrected chi connectivity index (χ3v) is 7.04. The van der Waals surface area contributed by atoms with Gasteiger partial charge in [-0.05, 0) is 37.3 Å². The molecule has 2 heterocycles. The molecule has 0 aliphatic heterocycles. The number of thioether (sulfide) groups is 1. The fraction of sp³-hybridized carbons (Fsp3) is 0.350. The number of aromatic nitrogens is 2. The fourth-order valence-electron chi connectivity index (χ4n) is 3.43. The lowest BCUT2D eigenvalue weighted by Gasteiger charge is -2.15. The predicted molar refractivity (Wildman–Crippen MR) is 109 cm³/mol. The van der Waals surface area contributed by atoms with E-state index in [2.05, 4.69) is 0 Å². The van der Waals surface area contributed by atoms with Gasteiger partial charge in [-0.25, -0.2) is 4.98 Å². The Morgan fingerprint density at radius 3 is 2.85 bits per heavy atom. The molecule has 5 nitrogen and oxygen atoms in total. The van der Waals surface area contributed by atoms with Gasteiger partial charge in [0.15, 0.2) is 5.16 Å². The van der Waals surface area contributed by atoms with Crippen molar-refractivity contribution >= 4 is 39.3 Å². The lowest BCUT2D eigenvalue weighted by atomic mass is 10.2. The average molecular weight is 401 g/mol. The Hall–Kier alpha value is -2.12. The number of thiophene rings is 1. The first kappa shape index (κ1) is 18.3. The first-order valence-electron chi connectivity index (χ1n) is 8.92. The Balaban J connectivity index is 1.85. The summed E-state index contributed by atoms with van der Waals surface area (Å²) < 4.78 is 6.54. The van der Waals surface area contributed by atoms with E-state index in [0.29, 0.717) is 11.7 Å². The largest absolute Gasteiger partial charge is 0.468 e. The molecule has 0 fully saturated rings. The molecule has 3 aromatic rings. The molecule has 1 aromatic carbocycles. The summed E-state index contributed by atoms with van der Waals surface area (Å²) in [5, 5.41) is 0.890. The molecule has 0 spiro atoms. The molecule has 7 heteroatoms. The van der Waals surface area contributed by atoms with Crippen molar-refractivity contribution in [1.82, 2.24) is 9.55 Å². The van der Waals surface area contributed by atoms with Crippen LogP contribution in [0.4, 0.5) is 0 Å². The molecular weight excluding hydrogens is 380 g/mol. The monoisotopic (exact) mass is 400 g/mol. The molecule has 0 saturated carbocycles. The number of fused-ring (bicyclic) bond motifs is 3. The van der Waals surface area contributed by atoms with Crippen molar-refractivity contribution in [1.29, 1.82) is 0 Å². The summed E-state index contributed by atoms with van der Waals surface area (Å²) in [4.78, 5) is 32.1. The minimum Gasteiger partial charge on any atom is -0.468 e. The van der Waals surface area contributed by atoms with Gasteiger partial charge in [-0.15, -0.1) is 11.3 Å². The molecule has 0 N–H and O–H groups in total. The minimum absolute atomic E-state index is 0.0113. The highest BCUT2D eigenvalue weighted by molar-refractivity contribution is 8.00. The van der Waals surface area contributed by atoms with Gasteiger partial charge in [0.1, 0.15) is 10.1 Å². The van der Waals surface area contributed by atoms with E-state index in [1.165, 1.54) is 29.3 Å². The highest BCUT2D eigenvalue weighted by atomic mass is 32.2. The maximum Gasteiger partial charge on any atom is 0.318 e. The second kappa shape index (κ2) is 7.48. The number of nitrogens with zero attached hydrogens (tertiary/aromatic N) is 2. The maximum absolute atomic E-state index is 13.4. The number of carbonyl (C=O) groups is 1. The molecule has 4 rings (SSSR count). The molecule has 0 amide bonds. The highest BCUT2D eigenvalue weighted by Crippen LogP contribution is 2.36. The first-order valence-corrected chi connectivity index (χ1v) is 10.6. The van der Waals surface area contributed by atoms with Crippen LogP contribution in [0.5, 0.6) is 0 Å². The van der Waals surface area contributed by atoms with Gasteiger partial charge < -0.3 is 4.74 Å². The number of methoxy groups -OCH3 is 1. The van der Waals surface area contributed by atoms with Crippen LogP contribution < -0.4 is 5.56 Å². The number of ether oxygens (including phenoxy) is 1. The van der Waals surface area contributed by atoms with Crippen LogP contribution >= 0.6 is 23.1 Å². The van der Waals surface area contributed by atoms with Gasteiger partial charge in [-0.2, -0.15) is 0 Å². The molecule has 0 radical (unpaired) electrons. The minimum atomic E-state index is -0.437. The van der Waals surface area contributed by atoms with Crippen molar-refractivity contribution in [3.05, 3.63) is 56.7 Å². The van der Waals surface area contributed by atoms with Gasteiger partial charge >= 0.3 is 5.97 Å².